The van der Waals surface area contributed by atoms with Gasteiger partial charge in [-0.25, -0.2) is 4.98 Å². The maximum atomic E-state index is 11.3. The highest BCUT2D eigenvalue weighted by atomic mass is 16.5. The molecule has 0 radical (unpaired) electrons. The third-order valence-corrected chi connectivity index (χ3v) is 3.08. The molecule has 1 aliphatic rings. The smallest absolute Gasteiger partial charge is 0.308 e. The van der Waals surface area contributed by atoms with Crippen LogP contribution in [-0.4, -0.2) is 48.4 Å². The van der Waals surface area contributed by atoms with Gasteiger partial charge in [-0.3, -0.25) is 4.79 Å². The van der Waals surface area contributed by atoms with E-state index in [1.165, 1.54) is 7.11 Å². The fraction of sp³-hybridized carbons (Fsp3) is 0.667. The topological polar surface area (TPSA) is 56.6 Å². The maximum Gasteiger partial charge on any atom is 0.308 e. The van der Waals surface area contributed by atoms with Crippen molar-refractivity contribution in [2.24, 2.45) is 0 Å². The summed E-state index contributed by atoms with van der Waals surface area (Å²) in [7, 11) is 1.40. The average molecular weight is 253 g/mol. The van der Waals surface area contributed by atoms with E-state index in [9.17, 15) is 4.79 Å². The van der Waals surface area contributed by atoms with E-state index >= 15 is 0 Å². The van der Waals surface area contributed by atoms with Crippen molar-refractivity contribution in [3.05, 3.63) is 12.4 Å². The summed E-state index contributed by atoms with van der Waals surface area (Å²) in [5.74, 6) is 0.705. The second-order valence-electron chi connectivity index (χ2n) is 4.23. The Balaban J connectivity index is 2.00. The largest absolute Gasteiger partial charge is 0.469 e. The van der Waals surface area contributed by atoms with Crippen molar-refractivity contribution >= 4 is 11.9 Å². The molecule has 1 aliphatic heterocycles. The zero-order chi connectivity index (χ0) is 13.0. The Morgan fingerprint density at radius 1 is 1.67 bits per heavy atom. The van der Waals surface area contributed by atoms with Crippen molar-refractivity contribution in [3.8, 4) is 0 Å². The molecule has 6 heteroatoms. The van der Waals surface area contributed by atoms with E-state index in [-0.39, 0.29) is 12.1 Å². The number of hydrogen-bond donors (Lipinski definition) is 0. The highest BCUT2D eigenvalue weighted by Gasteiger charge is 2.25. The fourth-order valence-corrected chi connectivity index (χ4v) is 2.13. The lowest BCUT2D eigenvalue weighted by Crippen LogP contribution is -2.44. The van der Waals surface area contributed by atoms with Gasteiger partial charge in [-0.05, 0) is 6.92 Å². The number of morpholine rings is 1. The van der Waals surface area contributed by atoms with Crippen LogP contribution in [0.1, 0.15) is 13.3 Å². The first-order chi connectivity index (χ1) is 8.74. The number of carbonyl (C=O) groups is 1. The lowest BCUT2D eigenvalue weighted by molar-refractivity contribution is -0.144. The normalized spacial score (nSPS) is 19.9. The van der Waals surface area contributed by atoms with E-state index in [2.05, 4.69) is 26.1 Å². The number of hydrogen-bond acceptors (Lipinski definition) is 5. The SMILES string of the molecule is CCn1ccnc1N1CCOC(CC(=O)OC)C1. The number of anilines is 1. The summed E-state index contributed by atoms with van der Waals surface area (Å²) in [5.41, 5.74) is 0. The van der Waals surface area contributed by atoms with Crippen molar-refractivity contribution in [2.45, 2.75) is 26.0 Å². The maximum absolute atomic E-state index is 11.3. The van der Waals surface area contributed by atoms with Gasteiger partial charge in [-0.1, -0.05) is 0 Å². The number of nitrogens with zero attached hydrogens (tertiary/aromatic N) is 3. The van der Waals surface area contributed by atoms with Crippen molar-refractivity contribution in [2.75, 3.05) is 31.7 Å². The number of aryl methyl sites for hydroxylation is 1. The van der Waals surface area contributed by atoms with Gasteiger partial charge in [0.25, 0.3) is 0 Å². The van der Waals surface area contributed by atoms with Crippen molar-refractivity contribution < 1.29 is 14.3 Å². The molecule has 0 bridgehead atoms. The number of carbonyl (C=O) groups excluding carboxylic acids is 1. The number of imidazole rings is 1. The third kappa shape index (κ3) is 2.81. The zero-order valence-corrected chi connectivity index (χ0v) is 10.8. The average Bonchev–Trinajstić information content (AvgIpc) is 2.87. The Bertz CT molecular complexity index is 405. The van der Waals surface area contributed by atoms with Gasteiger partial charge in [-0.2, -0.15) is 0 Å². The summed E-state index contributed by atoms with van der Waals surface area (Å²) >= 11 is 0. The summed E-state index contributed by atoms with van der Waals surface area (Å²) in [6.07, 6.45) is 3.93. The Labute approximate surface area is 106 Å². The molecule has 1 fully saturated rings. The van der Waals surface area contributed by atoms with Gasteiger partial charge < -0.3 is 18.9 Å². The number of aromatic nitrogens is 2. The van der Waals surface area contributed by atoms with Gasteiger partial charge in [0.05, 0.1) is 26.2 Å². The van der Waals surface area contributed by atoms with Crippen LogP contribution in [0.15, 0.2) is 12.4 Å². The molecule has 18 heavy (non-hydrogen) atoms. The quantitative estimate of drug-likeness (QED) is 0.738. The molecule has 0 aromatic carbocycles. The molecular formula is C12H19N3O3. The minimum Gasteiger partial charge on any atom is -0.469 e. The van der Waals surface area contributed by atoms with Crippen LogP contribution in [0.3, 0.4) is 0 Å². The van der Waals surface area contributed by atoms with Crippen LogP contribution >= 0.6 is 0 Å². The molecule has 1 aromatic heterocycles. The molecule has 0 amide bonds. The number of methoxy groups -OCH3 is 1. The highest BCUT2D eigenvalue weighted by molar-refractivity contribution is 5.69. The minimum atomic E-state index is -0.235. The predicted molar refractivity (Wildman–Crippen MR) is 66.5 cm³/mol. The van der Waals surface area contributed by atoms with E-state index in [1.54, 1.807) is 6.20 Å². The van der Waals surface area contributed by atoms with Gasteiger partial charge in [0, 0.05) is 32.0 Å². The molecule has 100 valence electrons. The summed E-state index contributed by atoms with van der Waals surface area (Å²) in [6.45, 7) is 5.05. The molecule has 6 nitrogen and oxygen atoms in total. The van der Waals surface area contributed by atoms with E-state index in [4.69, 9.17) is 4.74 Å². The Morgan fingerprint density at radius 3 is 3.22 bits per heavy atom. The Kier molecular flexibility index (Phi) is 4.19. The fourth-order valence-electron chi connectivity index (χ4n) is 2.13. The van der Waals surface area contributed by atoms with Crippen LogP contribution in [0, 0.1) is 0 Å². The molecule has 1 unspecified atom stereocenters. The molecule has 1 atom stereocenters. The van der Waals surface area contributed by atoms with E-state index < -0.39 is 0 Å². The standard InChI is InChI=1S/C12H19N3O3/c1-3-14-5-4-13-12(14)15-6-7-18-10(9-15)8-11(16)17-2/h4-5,10H,3,6-9H2,1-2H3. The van der Waals surface area contributed by atoms with E-state index in [0.717, 1.165) is 19.0 Å². The first-order valence-corrected chi connectivity index (χ1v) is 6.19. The van der Waals surface area contributed by atoms with Crippen molar-refractivity contribution in [1.82, 2.24) is 9.55 Å². The van der Waals surface area contributed by atoms with Gasteiger partial charge in [0.1, 0.15) is 0 Å². The van der Waals surface area contributed by atoms with Crippen LogP contribution in [-0.2, 0) is 20.8 Å². The second-order valence-corrected chi connectivity index (χ2v) is 4.23. The number of rotatable bonds is 4. The van der Waals surface area contributed by atoms with Crippen LogP contribution in [0.4, 0.5) is 5.95 Å². The molecule has 0 aliphatic carbocycles. The molecule has 2 rings (SSSR count). The van der Waals surface area contributed by atoms with E-state index in [0.29, 0.717) is 19.6 Å². The van der Waals surface area contributed by atoms with Crippen LogP contribution in [0.25, 0.3) is 0 Å². The zero-order valence-electron chi connectivity index (χ0n) is 10.8. The van der Waals surface area contributed by atoms with Gasteiger partial charge in [-0.15, -0.1) is 0 Å². The third-order valence-electron chi connectivity index (χ3n) is 3.08. The lowest BCUT2D eigenvalue weighted by atomic mass is 10.2. The monoisotopic (exact) mass is 253 g/mol. The summed E-state index contributed by atoms with van der Waals surface area (Å²) in [4.78, 5) is 17.8. The molecule has 1 saturated heterocycles. The van der Waals surface area contributed by atoms with Crippen LogP contribution in [0.5, 0.6) is 0 Å². The molecular weight excluding hydrogens is 234 g/mol. The van der Waals surface area contributed by atoms with E-state index in [1.807, 2.05) is 6.20 Å². The molecule has 0 spiro atoms. The molecule has 2 heterocycles. The predicted octanol–water partition coefficient (Wildman–Crippen LogP) is 0.671. The van der Waals surface area contributed by atoms with Crippen molar-refractivity contribution in [3.63, 3.8) is 0 Å². The minimum absolute atomic E-state index is 0.117. The van der Waals surface area contributed by atoms with Gasteiger partial charge in [0.15, 0.2) is 0 Å². The molecule has 0 N–H and O–H groups in total. The van der Waals surface area contributed by atoms with Crippen molar-refractivity contribution in [1.29, 1.82) is 0 Å². The first-order valence-electron chi connectivity index (χ1n) is 6.19. The van der Waals surface area contributed by atoms with Gasteiger partial charge in [0.2, 0.25) is 5.95 Å². The van der Waals surface area contributed by atoms with Gasteiger partial charge >= 0.3 is 5.97 Å². The highest BCUT2D eigenvalue weighted by Crippen LogP contribution is 2.17. The Hall–Kier alpha value is -1.56. The summed E-state index contributed by atoms with van der Waals surface area (Å²) < 4.78 is 12.3. The Morgan fingerprint density at radius 2 is 2.50 bits per heavy atom. The second kappa shape index (κ2) is 5.86. The lowest BCUT2D eigenvalue weighted by Gasteiger charge is -2.33. The number of esters is 1. The number of ether oxygens (including phenoxy) is 2. The summed E-state index contributed by atoms with van der Waals surface area (Å²) in [6, 6.07) is 0. The van der Waals surface area contributed by atoms with Crippen LogP contribution in [0.2, 0.25) is 0 Å². The molecule has 1 aromatic rings. The first kappa shape index (κ1) is 12.9. The van der Waals surface area contributed by atoms with Crippen LogP contribution < -0.4 is 4.90 Å². The summed E-state index contributed by atoms with van der Waals surface area (Å²) in [5, 5.41) is 0. The molecule has 0 saturated carbocycles.